The van der Waals surface area contributed by atoms with Crippen molar-refractivity contribution >= 4 is 11.9 Å². The van der Waals surface area contributed by atoms with E-state index in [0.29, 0.717) is 31.1 Å². The molecule has 2 N–H and O–H groups in total. The number of rotatable bonds is 8. The quantitative estimate of drug-likeness (QED) is 0.769. The summed E-state index contributed by atoms with van der Waals surface area (Å²) in [5, 5.41) is 6.27. The Kier molecular flexibility index (Phi) is 5.69. The van der Waals surface area contributed by atoms with Gasteiger partial charge in [-0.2, -0.15) is 15.0 Å². The molecule has 21 heavy (non-hydrogen) atoms. The Balaban J connectivity index is 2.07. The summed E-state index contributed by atoms with van der Waals surface area (Å²) in [6.45, 7) is 5.83. The van der Waals surface area contributed by atoms with Crippen molar-refractivity contribution in [1.29, 1.82) is 0 Å². The minimum Gasteiger partial charge on any atom is -0.464 e. The van der Waals surface area contributed by atoms with Gasteiger partial charge in [0, 0.05) is 12.7 Å². The summed E-state index contributed by atoms with van der Waals surface area (Å²) in [5.41, 5.74) is 0.916. The lowest BCUT2D eigenvalue weighted by molar-refractivity contribution is 0.312. The molecular weight excluding hydrogens is 268 g/mol. The van der Waals surface area contributed by atoms with E-state index in [1.165, 1.54) is 0 Å². The van der Waals surface area contributed by atoms with Crippen LogP contribution in [0.15, 0.2) is 24.4 Å². The van der Waals surface area contributed by atoms with E-state index in [4.69, 9.17) is 4.74 Å². The van der Waals surface area contributed by atoms with Crippen LogP contribution in [0.25, 0.3) is 0 Å². The minimum atomic E-state index is 0.314. The molecule has 0 amide bonds. The fraction of sp³-hybridized carbons (Fsp3) is 0.429. The lowest BCUT2D eigenvalue weighted by atomic mass is 10.3. The fourth-order valence-electron chi connectivity index (χ4n) is 1.62. The molecule has 2 aromatic heterocycles. The van der Waals surface area contributed by atoms with Gasteiger partial charge in [-0.25, -0.2) is 0 Å². The first kappa shape index (κ1) is 15.0. The molecule has 0 aliphatic carbocycles. The third kappa shape index (κ3) is 4.87. The maximum atomic E-state index is 5.36. The Bertz CT molecular complexity index is 548. The number of hydrogen-bond acceptors (Lipinski definition) is 7. The summed E-state index contributed by atoms with van der Waals surface area (Å²) in [5.74, 6) is 0.983. The standard InChI is InChI=1S/C14H20N6O/c1-3-8-16-12-18-13(20-14(19-12)21-4-2)17-10-11-7-5-6-9-15-11/h5-7,9H,3-4,8,10H2,1-2H3,(H2,16,17,18,19,20). The van der Waals surface area contributed by atoms with Gasteiger partial charge in [0.25, 0.3) is 0 Å². The molecule has 0 fully saturated rings. The summed E-state index contributed by atoms with van der Waals surface area (Å²) < 4.78 is 5.36. The molecule has 0 aliphatic rings. The summed E-state index contributed by atoms with van der Waals surface area (Å²) in [6.07, 6.45) is 2.75. The van der Waals surface area contributed by atoms with Crippen LogP contribution in [-0.2, 0) is 6.54 Å². The summed E-state index contributed by atoms with van der Waals surface area (Å²) in [7, 11) is 0. The first-order chi connectivity index (χ1) is 10.3. The molecule has 2 rings (SSSR count). The molecule has 0 aromatic carbocycles. The van der Waals surface area contributed by atoms with Crippen molar-refractivity contribution in [1.82, 2.24) is 19.9 Å². The smallest absolute Gasteiger partial charge is 0.323 e. The van der Waals surface area contributed by atoms with E-state index in [1.54, 1.807) is 6.20 Å². The van der Waals surface area contributed by atoms with Gasteiger partial charge < -0.3 is 15.4 Å². The molecule has 0 bridgehead atoms. The van der Waals surface area contributed by atoms with Crippen LogP contribution in [-0.4, -0.2) is 33.1 Å². The molecule has 0 saturated carbocycles. The van der Waals surface area contributed by atoms with Crippen LogP contribution in [0.1, 0.15) is 26.0 Å². The zero-order valence-corrected chi connectivity index (χ0v) is 12.3. The maximum absolute atomic E-state index is 5.36. The highest BCUT2D eigenvalue weighted by Crippen LogP contribution is 2.12. The molecule has 0 atom stereocenters. The molecule has 0 radical (unpaired) electrons. The van der Waals surface area contributed by atoms with Crippen LogP contribution in [0, 0.1) is 0 Å². The number of ether oxygens (including phenoxy) is 1. The number of nitrogens with zero attached hydrogens (tertiary/aromatic N) is 4. The fourth-order valence-corrected chi connectivity index (χ4v) is 1.62. The van der Waals surface area contributed by atoms with Gasteiger partial charge in [0.2, 0.25) is 11.9 Å². The van der Waals surface area contributed by atoms with Crippen LogP contribution in [0.5, 0.6) is 6.01 Å². The number of hydrogen-bond donors (Lipinski definition) is 2. The van der Waals surface area contributed by atoms with Gasteiger partial charge in [0.15, 0.2) is 0 Å². The number of pyridine rings is 1. The largest absolute Gasteiger partial charge is 0.464 e. The molecule has 2 heterocycles. The van der Waals surface area contributed by atoms with Gasteiger partial charge in [-0.05, 0) is 25.5 Å². The SMILES string of the molecule is CCCNc1nc(NCc2ccccn2)nc(OCC)n1. The van der Waals surface area contributed by atoms with E-state index >= 15 is 0 Å². The normalized spacial score (nSPS) is 10.2. The highest BCUT2D eigenvalue weighted by atomic mass is 16.5. The predicted octanol–water partition coefficient (Wildman–Crippen LogP) is 2.10. The topological polar surface area (TPSA) is 84.9 Å². The van der Waals surface area contributed by atoms with Crippen molar-refractivity contribution in [2.24, 2.45) is 0 Å². The van der Waals surface area contributed by atoms with Gasteiger partial charge in [0.1, 0.15) is 0 Å². The van der Waals surface area contributed by atoms with Crippen LogP contribution in [0.4, 0.5) is 11.9 Å². The first-order valence-corrected chi connectivity index (χ1v) is 7.08. The Morgan fingerprint density at radius 1 is 1.05 bits per heavy atom. The molecular formula is C14H20N6O. The molecule has 0 spiro atoms. The summed E-state index contributed by atoms with van der Waals surface area (Å²) >= 11 is 0. The van der Waals surface area contributed by atoms with Gasteiger partial charge in [-0.3, -0.25) is 4.98 Å². The van der Waals surface area contributed by atoms with E-state index in [9.17, 15) is 0 Å². The van der Waals surface area contributed by atoms with Crippen molar-refractivity contribution in [2.45, 2.75) is 26.8 Å². The minimum absolute atomic E-state index is 0.314. The second-order valence-electron chi connectivity index (χ2n) is 4.30. The second-order valence-corrected chi connectivity index (χ2v) is 4.30. The second kappa shape index (κ2) is 7.98. The van der Waals surface area contributed by atoms with Gasteiger partial charge in [-0.1, -0.05) is 13.0 Å². The highest BCUT2D eigenvalue weighted by molar-refractivity contribution is 5.36. The lowest BCUT2D eigenvalue weighted by Crippen LogP contribution is -2.11. The van der Waals surface area contributed by atoms with Crippen LogP contribution >= 0.6 is 0 Å². The molecule has 7 nitrogen and oxygen atoms in total. The van der Waals surface area contributed by atoms with Crippen molar-refractivity contribution in [2.75, 3.05) is 23.8 Å². The average Bonchev–Trinajstić information content (AvgIpc) is 2.52. The van der Waals surface area contributed by atoms with E-state index < -0.39 is 0 Å². The number of aromatic nitrogens is 4. The average molecular weight is 288 g/mol. The zero-order valence-electron chi connectivity index (χ0n) is 12.3. The zero-order chi connectivity index (χ0) is 14.9. The molecule has 0 aliphatic heterocycles. The molecule has 7 heteroatoms. The maximum Gasteiger partial charge on any atom is 0.323 e. The summed E-state index contributed by atoms with van der Waals surface area (Å²) in [4.78, 5) is 17.0. The van der Waals surface area contributed by atoms with E-state index in [1.807, 2.05) is 25.1 Å². The van der Waals surface area contributed by atoms with Crippen molar-refractivity contribution in [3.63, 3.8) is 0 Å². The molecule has 0 saturated heterocycles. The molecule has 112 valence electrons. The third-order valence-electron chi connectivity index (χ3n) is 2.58. The van der Waals surface area contributed by atoms with Gasteiger partial charge >= 0.3 is 6.01 Å². The van der Waals surface area contributed by atoms with E-state index in [0.717, 1.165) is 18.7 Å². The molecule has 0 unspecified atom stereocenters. The van der Waals surface area contributed by atoms with Crippen molar-refractivity contribution < 1.29 is 4.74 Å². The Hall–Kier alpha value is -2.44. The van der Waals surface area contributed by atoms with E-state index in [-0.39, 0.29) is 0 Å². The third-order valence-corrected chi connectivity index (χ3v) is 2.58. The van der Waals surface area contributed by atoms with Crippen LogP contribution < -0.4 is 15.4 Å². The lowest BCUT2D eigenvalue weighted by Gasteiger charge is -2.09. The Morgan fingerprint density at radius 2 is 1.86 bits per heavy atom. The van der Waals surface area contributed by atoms with Crippen molar-refractivity contribution in [3.8, 4) is 6.01 Å². The molecule has 2 aromatic rings. The van der Waals surface area contributed by atoms with Crippen LogP contribution in [0.2, 0.25) is 0 Å². The van der Waals surface area contributed by atoms with E-state index in [2.05, 4.69) is 37.5 Å². The van der Waals surface area contributed by atoms with Gasteiger partial charge in [0.05, 0.1) is 18.8 Å². The monoisotopic (exact) mass is 288 g/mol. The number of anilines is 2. The number of nitrogens with one attached hydrogen (secondary N) is 2. The van der Waals surface area contributed by atoms with Gasteiger partial charge in [-0.15, -0.1) is 0 Å². The Morgan fingerprint density at radius 3 is 2.52 bits per heavy atom. The summed E-state index contributed by atoms with van der Waals surface area (Å²) in [6, 6.07) is 6.08. The Labute approximate surface area is 124 Å². The highest BCUT2D eigenvalue weighted by Gasteiger charge is 2.07. The first-order valence-electron chi connectivity index (χ1n) is 7.08. The van der Waals surface area contributed by atoms with Crippen LogP contribution in [0.3, 0.4) is 0 Å². The van der Waals surface area contributed by atoms with Crippen molar-refractivity contribution in [3.05, 3.63) is 30.1 Å². The predicted molar refractivity (Wildman–Crippen MR) is 81.3 cm³/mol.